The number of rotatable bonds is 0. The van der Waals surface area contributed by atoms with Crippen LogP contribution in [0.15, 0.2) is 24.3 Å². The van der Waals surface area contributed by atoms with Crippen molar-refractivity contribution in [2.75, 3.05) is 31.1 Å². The molecular weight excluding hydrogens is 202 g/mol. The molecule has 1 unspecified atom stereocenters. The molecule has 1 amide bonds. The molecule has 2 aliphatic rings. The van der Waals surface area contributed by atoms with Gasteiger partial charge in [0.2, 0.25) is 0 Å². The van der Waals surface area contributed by atoms with Crippen molar-refractivity contribution in [1.29, 1.82) is 0 Å². The van der Waals surface area contributed by atoms with Crippen molar-refractivity contribution in [3.05, 3.63) is 29.8 Å². The molecule has 1 fully saturated rings. The Labute approximate surface area is 94.6 Å². The Hall–Kier alpha value is -1.55. The van der Waals surface area contributed by atoms with E-state index in [9.17, 15) is 4.79 Å². The number of hydrogen-bond donors (Lipinski definition) is 2. The molecule has 2 heterocycles. The third-order valence-corrected chi connectivity index (χ3v) is 3.31. The maximum absolute atomic E-state index is 11.9. The lowest BCUT2D eigenvalue weighted by molar-refractivity contribution is 0.0955. The summed E-state index contributed by atoms with van der Waals surface area (Å²) in [5, 5.41) is 6.34. The molecule has 0 spiro atoms. The highest BCUT2D eigenvalue weighted by Crippen LogP contribution is 2.25. The van der Waals surface area contributed by atoms with Gasteiger partial charge in [0.05, 0.1) is 11.6 Å². The molecule has 2 aliphatic heterocycles. The van der Waals surface area contributed by atoms with Gasteiger partial charge < -0.3 is 15.5 Å². The third-order valence-electron chi connectivity index (χ3n) is 3.31. The van der Waals surface area contributed by atoms with Crippen LogP contribution >= 0.6 is 0 Å². The zero-order chi connectivity index (χ0) is 11.0. The van der Waals surface area contributed by atoms with E-state index in [1.165, 1.54) is 0 Å². The molecule has 1 aromatic rings. The van der Waals surface area contributed by atoms with E-state index in [-0.39, 0.29) is 5.91 Å². The number of amides is 1. The van der Waals surface area contributed by atoms with Crippen LogP contribution in [0.3, 0.4) is 0 Å². The van der Waals surface area contributed by atoms with Crippen molar-refractivity contribution in [2.45, 2.75) is 6.04 Å². The van der Waals surface area contributed by atoms with Gasteiger partial charge in [-0.1, -0.05) is 12.1 Å². The number of anilines is 1. The van der Waals surface area contributed by atoms with Crippen LogP contribution < -0.4 is 15.5 Å². The molecule has 1 atom stereocenters. The molecule has 0 bridgehead atoms. The van der Waals surface area contributed by atoms with Crippen LogP contribution in [0.5, 0.6) is 0 Å². The fraction of sp³-hybridized carbons (Fsp3) is 0.417. The van der Waals surface area contributed by atoms with Crippen molar-refractivity contribution >= 4 is 11.6 Å². The minimum Gasteiger partial charge on any atom is -0.364 e. The average Bonchev–Trinajstić information content (AvgIpc) is 2.49. The fourth-order valence-corrected chi connectivity index (χ4v) is 2.48. The minimum absolute atomic E-state index is 0.0463. The van der Waals surface area contributed by atoms with Gasteiger partial charge in [-0.25, -0.2) is 0 Å². The van der Waals surface area contributed by atoms with E-state index in [1.54, 1.807) is 0 Å². The lowest BCUT2D eigenvalue weighted by Crippen LogP contribution is -2.54. The summed E-state index contributed by atoms with van der Waals surface area (Å²) < 4.78 is 0. The van der Waals surface area contributed by atoms with Gasteiger partial charge in [0.1, 0.15) is 0 Å². The van der Waals surface area contributed by atoms with Crippen molar-refractivity contribution in [2.24, 2.45) is 0 Å². The van der Waals surface area contributed by atoms with E-state index in [0.717, 1.165) is 37.4 Å². The number of carbonyl (C=O) groups excluding carboxylic acids is 1. The topological polar surface area (TPSA) is 44.4 Å². The number of hydrogen-bond acceptors (Lipinski definition) is 3. The largest absolute Gasteiger partial charge is 0.364 e. The van der Waals surface area contributed by atoms with Crippen molar-refractivity contribution < 1.29 is 4.79 Å². The number of carbonyl (C=O) groups is 1. The summed E-state index contributed by atoms with van der Waals surface area (Å²) >= 11 is 0. The molecule has 0 aromatic heterocycles. The molecule has 1 aromatic carbocycles. The molecule has 16 heavy (non-hydrogen) atoms. The Balaban J connectivity index is 2.06. The molecule has 84 valence electrons. The summed E-state index contributed by atoms with van der Waals surface area (Å²) in [6.45, 7) is 3.62. The van der Waals surface area contributed by atoms with Crippen molar-refractivity contribution in [1.82, 2.24) is 10.6 Å². The monoisotopic (exact) mass is 217 g/mol. The highest BCUT2D eigenvalue weighted by Gasteiger charge is 2.29. The van der Waals surface area contributed by atoms with Crippen molar-refractivity contribution in [3.63, 3.8) is 0 Å². The average molecular weight is 217 g/mol. The maximum atomic E-state index is 11.9. The Morgan fingerprint density at radius 1 is 1.25 bits per heavy atom. The van der Waals surface area contributed by atoms with Crippen LogP contribution in [0.25, 0.3) is 0 Å². The fourth-order valence-electron chi connectivity index (χ4n) is 2.48. The van der Waals surface area contributed by atoms with Crippen LogP contribution in [-0.4, -0.2) is 38.1 Å². The first kappa shape index (κ1) is 9.66. The normalized spacial score (nSPS) is 24.1. The highest BCUT2D eigenvalue weighted by atomic mass is 16.1. The summed E-state index contributed by atoms with van der Waals surface area (Å²) in [7, 11) is 0. The van der Waals surface area contributed by atoms with Crippen LogP contribution in [0, 0.1) is 0 Å². The van der Waals surface area contributed by atoms with Gasteiger partial charge in [0, 0.05) is 31.9 Å². The standard InChI is InChI=1S/C12H15N3O/c16-12-10-3-1-2-4-11(10)15-6-5-13-7-9(15)8-14-12/h1-4,9,13H,5-8H2,(H,14,16). The summed E-state index contributed by atoms with van der Waals surface area (Å²) in [4.78, 5) is 14.2. The second kappa shape index (κ2) is 3.79. The second-order valence-corrected chi connectivity index (χ2v) is 4.28. The van der Waals surface area contributed by atoms with Gasteiger partial charge in [0.25, 0.3) is 5.91 Å². The molecule has 0 aliphatic carbocycles. The van der Waals surface area contributed by atoms with E-state index in [4.69, 9.17) is 0 Å². The SMILES string of the molecule is O=C1NCC2CNCCN2c2ccccc21. The van der Waals surface area contributed by atoms with Crippen LogP contribution in [0.4, 0.5) is 5.69 Å². The first-order valence-electron chi connectivity index (χ1n) is 5.71. The summed E-state index contributed by atoms with van der Waals surface area (Å²) in [5.74, 6) is 0.0463. The number of para-hydroxylation sites is 1. The van der Waals surface area contributed by atoms with E-state index in [1.807, 2.05) is 24.3 Å². The molecule has 4 heteroatoms. The zero-order valence-electron chi connectivity index (χ0n) is 9.07. The number of piperazine rings is 1. The Morgan fingerprint density at radius 3 is 3.06 bits per heavy atom. The first-order valence-corrected chi connectivity index (χ1v) is 5.71. The molecule has 1 saturated heterocycles. The Bertz CT molecular complexity index is 418. The number of nitrogens with zero attached hydrogens (tertiary/aromatic N) is 1. The predicted molar refractivity (Wildman–Crippen MR) is 62.8 cm³/mol. The number of benzene rings is 1. The van der Waals surface area contributed by atoms with Gasteiger partial charge >= 0.3 is 0 Å². The summed E-state index contributed by atoms with van der Waals surface area (Å²) in [6.07, 6.45) is 0. The Kier molecular flexibility index (Phi) is 2.29. The smallest absolute Gasteiger partial charge is 0.253 e. The van der Waals surface area contributed by atoms with Crippen molar-refractivity contribution in [3.8, 4) is 0 Å². The third kappa shape index (κ3) is 1.46. The van der Waals surface area contributed by atoms with E-state index >= 15 is 0 Å². The minimum atomic E-state index is 0.0463. The quantitative estimate of drug-likeness (QED) is 0.653. The lowest BCUT2D eigenvalue weighted by Gasteiger charge is -2.36. The van der Waals surface area contributed by atoms with Crippen LogP contribution in [0.1, 0.15) is 10.4 Å². The molecule has 2 N–H and O–H groups in total. The zero-order valence-corrected chi connectivity index (χ0v) is 9.07. The van der Waals surface area contributed by atoms with Gasteiger partial charge in [-0.15, -0.1) is 0 Å². The van der Waals surface area contributed by atoms with Gasteiger partial charge in [-0.3, -0.25) is 4.79 Å². The molecule has 0 saturated carbocycles. The van der Waals surface area contributed by atoms with Crippen LogP contribution in [0.2, 0.25) is 0 Å². The molecule has 0 radical (unpaired) electrons. The maximum Gasteiger partial charge on any atom is 0.253 e. The molecule has 4 nitrogen and oxygen atoms in total. The second-order valence-electron chi connectivity index (χ2n) is 4.28. The Morgan fingerprint density at radius 2 is 2.12 bits per heavy atom. The van der Waals surface area contributed by atoms with E-state index < -0.39 is 0 Å². The van der Waals surface area contributed by atoms with Gasteiger partial charge in [-0.05, 0) is 12.1 Å². The van der Waals surface area contributed by atoms with Gasteiger partial charge in [0.15, 0.2) is 0 Å². The lowest BCUT2D eigenvalue weighted by atomic mass is 10.1. The molecule has 3 rings (SSSR count). The van der Waals surface area contributed by atoms with E-state index in [0.29, 0.717) is 6.04 Å². The number of fused-ring (bicyclic) bond motifs is 3. The summed E-state index contributed by atoms with van der Waals surface area (Å²) in [5.41, 5.74) is 1.87. The number of nitrogens with one attached hydrogen (secondary N) is 2. The van der Waals surface area contributed by atoms with Crippen LogP contribution in [-0.2, 0) is 0 Å². The highest BCUT2D eigenvalue weighted by molar-refractivity contribution is 6.00. The first-order chi connectivity index (χ1) is 7.86. The van der Waals surface area contributed by atoms with Gasteiger partial charge in [-0.2, -0.15) is 0 Å². The summed E-state index contributed by atoms with van der Waals surface area (Å²) in [6, 6.07) is 8.23. The van der Waals surface area contributed by atoms with E-state index in [2.05, 4.69) is 15.5 Å². The molecular formula is C12H15N3O. The predicted octanol–water partition coefficient (Wildman–Crippen LogP) is 0.208.